The van der Waals surface area contributed by atoms with Gasteiger partial charge in [-0.1, -0.05) is 143 Å². The second-order valence-electron chi connectivity index (χ2n) is 24.7. The molecule has 0 radical (unpaired) electrons. The van der Waals surface area contributed by atoms with Crippen molar-refractivity contribution in [2.75, 3.05) is 28.4 Å². The monoisotopic (exact) mass is 969 g/mol. The van der Waals surface area contributed by atoms with Crippen molar-refractivity contribution in [1.82, 2.24) is 0 Å². The number of rotatable bonds is 6. The Kier molecular flexibility index (Phi) is 14.2. The van der Waals surface area contributed by atoms with Crippen LogP contribution in [0.5, 0.6) is 23.0 Å². The van der Waals surface area contributed by atoms with Gasteiger partial charge in [-0.25, -0.2) is 0 Å². The molecular weight excluding hydrogens is 889 g/mol. The summed E-state index contributed by atoms with van der Waals surface area (Å²) in [7, 11) is 6.64. The standard InChI is InChI=1S/C66H80O6/c1-35-23-37(3)53(38(4)24-35)55-45-27-41(63(7,8)9)31-49(59(45)69-19)57(67)51-33-43(65(13,14)15)29-47(61(51)71-21)56(54-39(5)25-36(2)26-40(54)6)48-30-44(66(16,17)18)34-52(62(48)72-22)58(68)50-32-42(64(10,11)12)28-46(55)60(50)70-20/h23-34,55-56H,1-22H3. The lowest BCUT2D eigenvalue weighted by Crippen LogP contribution is -2.22. The maximum Gasteiger partial charge on any atom is 0.200 e. The van der Waals surface area contributed by atoms with E-state index < -0.39 is 33.5 Å². The maximum absolute atomic E-state index is 16.5. The fourth-order valence-corrected chi connectivity index (χ4v) is 11.3. The molecular formula is C66H80O6. The van der Waals surface area contributed by atoms with Crippen molar-refractivity contribution >= 4 is 11.6 Å². The minimum atomic E-state index is -0.570. The van der Waals surface area contributed by atoms with E-state index >= 15 is 9.59 Å². The SMILES string of the molecule is COc1c2cc(C(C)(C)C)cc1C(c1c(C)cc(C)cc1C)c1cc(C(C)(C)C)cc(c1OC)C(=O)c1cc(C(C)(C)C)cc(c1OC)C(c1c(C)cc(C)cc1C)c1cc(C(C)(C)C)cc(c1OC)C2=O. The summed E-state index contributed by atoms with van der Waals surface area (Å²) < 4.78 is 26.7. The molecule has 0 amide bonds. The van der Waals surface area contributed by atoms with Crippen molar-refractivity contribution in [1.29, 1.82) is 0 Å². The number of hydrogen-bond donors (Lipinski definition) is 0. The van der Waals surface area contributed by atoms with E-state index in [4.69, 9.17) is 18.9 Å². The van der Waals surface area contributed by atoms with E-state index in [2.05, 4.69) is 173 Å². The predicted octanol–water partition coefficient (Wildman–Crippen LogP) is 15.9. The summed E-state index contributed by atoms with van der Waals surface area (Å²) in [6.45, 7) is 38.9. The smallest absolute Gasteiger partial charge is 0.200 e. The Labute approximate surface area is 431 Å². The van der Waals surface area contributed by atoms with Crippen LogP contribution in [0, 0.1) is 41.5 Å². The molecule has 0 atom stereocenters. The van der Waals surface area contributed by atoms with Crippen LogP contribution in [0.25, 0.3) is 0 Å². The Hall–Kier alpha value is -6.14. The first kappa shape index (κ1) is 53.7. The van der Waals surface area contributed by atoms with E-state index in [1.807, 2.05) is 24.3 Å². The topological polar surface area (TPSA) is 71.1 Å². The second kappa shape index (κ2) is 19.0. The van der Waals surface area contributed by atoms with Crippen LogP contribution >= 0.6 is 0 Å². The number of methoxy groups -OCH3 is 4. The van der Waals surface area contributed by atoms with Gasteiger partial charge in [0.05, 0.1) is 50.7 Å². The molecule has 0 saturated carbocycles. The Bertz CT molecular complexity index is 2740. The number of carbonyl (C=O) groups is 2. The van der Waals surface area contributed by atoms with Crippen LogP contribution in [0.4, 0.5) is 0 Å². The summed E-state index contributed by atoms with van der Waals surface area (Å²) >= 11 is 0. The fraction of sp³-hybridized carbons (Fsp3) is 0.424. The van der Waals surface area contributed by atoms with Gasteiger partial charge >= 0.3 is 0 Å². The molecule has 0 N–H and O–H groups in total. The first-order chi connectivity index (χ1) is 33.4. The van der Waals surface area contributed by atoms with E-state index in [-0.39, 0.29) is 11.6 Å². The third-order valence-electron chi connectivity index (χ3n) is 15.0. The van der Waals surface area contributed by atoms with Gasteiger partial charge < -0.3 is 18.9 Å². The van der Waals surface area contributed by atoms with E-state index in [0.29, 0.717) is 45.3 Å². The minimum absolute atomic E-state index is 0.218. The molecule has 6 aromatic rings. The van der Waals surface area contributed by atoms with Crippen LogP contribution in [-0.2, 0) is 21.7 Å². The average molecular weight is 969 g/mol. The van der Waals surface area contributed by atoms with Crippen molar-refractivity contribution in [2.24, 2.45) is 0 Å². The molecule has 380 valence electrons. The lowest BCUT2D eigenvalue weighted by atomic mass is 9.72. The first-order valence-corrected chi connectivity index (χ1v) is 25.5. The van der Waals surface area contributed by atoms with Gasteiger partial charge in [-0.15, -0.1) is 0 Å². The fourth-order valence-electron chi connectivity index (χ4n) is 11.3. The summed E-state index contributed by atoms with van der Waals surface area (Å²) in [5.41, 5.74) is 15.7. The quantitative estimate of drug-likeness (QED) is 0.165. The van der Waals surface area contributed by atoms with Gasteiger partial charge in [0.1, 0.15) is 23.0 Å². The molecule has 8 bridgehead atoms. The largest absolute Gasteiger partial charge is 0.496 e. The highest BCUT2D eigenvalue weighted by atomic mass is 16.5. The van der Waals surface area contributed by atoms with Gasteiger partial charge in [0.25, 0.3) is 0 Å². The van der Waals surface area contributed by atoms with E-state index in [9.17, 15) is 0 Å². The third kappa shape index (κ3) is 9.63. The molecule has 6 heteroatoms. The van der Waals surface area contributed by atoms with Crippen LogP contribution in [0.3, 0.4) is 0 Å². The molecule has 7 rings (SSSR count). The summed E-state index contributed by atoms with van der Waals surface area (Å²) in [4.78, 5) is 33.0. The lowest BCUT2D eigenvalue weighted by Gasteiger charge is -2.33. The highest BCUT2D eigenvalue weighted by Crippen LogP contribution is 2.53. The van der Waals surface area contributed by atoms with E-state index in [0.717, 1.165) is 89.0 Å². The summed E-state index contributed by atoms with van der Waals surface area (Å²) in [5, 5.41) is 0. The van der Waals surface area contributed by atoms with Gasteiger partial charge in [0.15, 0.2) is 0 Å². The summed E-state index contributed by atoms with van der Waals surface area (Å²) in [5.74, 6) is 0.236. The zero-order valence-electron chi connectivity index (χ0n) is 47.5. The van der Waals surface area contributed by atoms with Gasteiger partial charge in [0.2, 0.25) is 11.6 Å². The molecule has 6 nitrogen and oxygen atoms in total. The van der Waals surface area contributed by atoms with Crippen molar-refractivity contribution in [2.45, 2.75) is 158 Å². The van der Waals surface area contributed by atoms with Crippen LogP contribution < -0.4 is 18.9 Å². The number of fused-ring (bicyclic) bond motifs is 8. The molecule has 0 heterocycles. The van der Waals surface area contributed by atoms with Crippen molar-refractivity contribution in [3.8, 4) is 23.0 Å². The van der Waals surface area contributed by atoms with Crippen molar-refractivity contribution < 1.29 is 28.5 Å². The Morgan fingerprint density at radius 3 is 0.681 bits per heavy atom. The molecule has 0 spiro atoms. The van der Waals surface area contributed by atoms with Crippen LogP contribution in [0.2, 0.25) is 0 Å². The predicted molar refractivity (Wildman–Crippen MR) is 297 cm³/mol. The molecule has 6 aromatic carbocycles. The lowest BCUT2D eigenvalue weighted by molar-refractivity contribution is 0.102. The van der Waals surface area contributed by atoms with Crippen molar-refractivity contribution in [3.63, 3.8) is 0 Å². The van der Waals surface area contributed by atoms with Crippen LogP contribution in [0.15, 0.2) is 72.8 Å². The Morgan fingerprint density at radius 2 is 0.514 bits per heavy atom. The molecule has 1 aliphatic rings. The normalized spacial score (nSPS) is 15.4. The van der Waals surface area contributed by atoms with E-state index in [1.165, 1.54) is 0 Å². The number of ether oxygens (including phenoxy) is 4. The highest BCUT2D eigenvalue weighted by Gasteiger charge is 2.39. The van der Waals surface area contributed by atoms with Crippen LogP contribution in [0.1, 0.15) is 216 Å². The highest BCUT2D eigenvalue weighted by molar-refractivity contribution is 6.14. The number of aryl methyl sites for hydroxylation is 6. The van der Waals surface area contributed by atoms with E-state index in [1.54, 1.807) is 28.4 Å². The van der Waals surface area contributed by atoms with Crippen molar-refractivity contribution in [3.05, 3.63) is 184 Å². The maximum atomic E-state index is 16.5. The van der Waals surface area contributed by atoms with Gasteiger partial charge in [-0.05, 0) is 143 Å². The van der Waals surface area contributed by atoms with Crippen LogP contribution in [-0.4, -0.2) is 40.0 Å². The zero-order valence-corrected chi connectivity index (χ0v) is 47.5. The minimum Gasteiger partial charge on any atom is -0.496 e. The molecule has 0 unspecified atom stereocenters. The average Bonchev–Trinajstić information content (AvgIpc) is 3.27. The molecule has 0 aliphatic heterocycles. The number of carbonyl (C=O) groups excluding carboxylic acids is 2. The zero-order chi connectivity index (χ0) is 53.5. The number of benzene rings is 6. The third-order valence-corrected chi connectivity index (χ3v) is 15.0. The number of hydrogen-bond acceptors (Lipinski definition) is 6. The molecule has 72 heavy (non-hydrogen) atoms. The van der Waals surface area contributed by atoms with Gasteiger partial charge in [0, 0.05) is 34.1 Å². The van der Waals surface area contributed by atoms with Gasteiger partial charge in [-0.3, -0.25) is 9.59 Å². The van der Waals surface area contributed by atoms with Gasteiger partial charge in [-0.2, -0.15) is 0 Å². The Morgan fingerprint density at radius 1 is 0.319 bits per heavy atom. The molecule has 0 aromatic heterocycles. The molecule has 1 aliphatic carbocycles. The Balaban J connectivity index is 1.88. The number of ketones is 2. The first-order valence-electron chi connectivity index (χ1n) is 25.5. The summed E-state index contributed by atoms with van der Waals surface area (Å²) in [6, 6.07) is 25.8. The molecule has 0 saturated heterocycles. The second-order valence-corrected chi connectivity index (χ2v) is 24.7. The summed E-state index contributed by atoms with van der Waals surface area (Å²) in [6.07, 6.45) is 0. The molecule has 0 fully saturated rings.